The number of benzene rings is 3. The van der Waals surface area contributed by atoms with Crippen LogP contribution in [0.1, 0.15) is 21.5 Å². The zero-order chi connectivity index (χ0) is 21.1. The van der Waals surface area contributed by atoms with Gasteiger partial charge in [-0.15, -0.1) is 0 Å². The van der Waals surface area contributed by atoms with Crippen LogP contribution < -0.4 is 16.0 Å². The Kier molecular flexibility index (Phi) is 5.45. The molecule has 0 aliphatic carbocycles. The van der Waals surface area contributed by atoms with Gasteiger partial charge in [-0.05, 0) is 61.4 Å². The van der Waals surface area contributed by atoms with Crippen LogP contribution in [-0.2, 0) is 0 Å². The van der Waals surface area contributed by atoms with Crippen molar-refractivity contribution in [1.29, 1.82) is 0 Å². The molecule has 0 saturated heterocycles. The molecule has 1 heterocycles. The van der Waals surface area contributed by atoms with Gasteiger partial charge in [-0.1, -0.05) is 41.7 Å². The number of carbonyl (C=O) groups is 2. The number of urea groups is 1. The second-order valence-corrected chi connectivity index (χ2v) is 7.95. The molecule has 0 saturated carbocycles. The Balaban J connectivity index is 1.46. The molecule has 0 bridgehead atoms. The van der Waals surface area contributed by atoms with E-state index in [1.807, 2.05) is 62.4 Å². The highest BCUT2D eigenvalue weighted by molar-refractivity contribution is 7.22. The zero-order valence-electron chi connectivity index (χ0n) is 16.5. The second kappa shape index (κ2) is 8.34. The van der Waals surface area contributed by atoms with Gasteiger partial charge in [0.1, 0.15) is 0 Å². The number of aromatic nitrogens is 1. The minimum Gasteiger partial charge on any atom is -0.308 e. The van der Waals surface area contributed by atoms with E-state index in [2.05, 4.69) is 20.9 Å². The molecule has 0 spiro atoms. The predicted octanol–water partition coefficient (Wildman–Crippen LogP) is 5.81. The average molecular weight is 417 g/mol. The molecule has 1 aromatic heterocycles. The highest BCUT2D eigenvalue weighted by Gasteiger charge is 2.11. The predicted molar refractivity (Wildman–Crippen MR) is 123 cm³/mol. The van der Waals surface area contributed by atoms with Gasteiger partial charge < -0.3 is 10.6 Å². The molecular weight excluding hydrogens is 396 g/mol. The summed E-state index contributed by atoms with van der Waals surface area (Å²) in [5, 5.41) is 9.04. The van der Waals surface area contributed by atoms with E-state index >= 15 is 0 Å². The Morgan fingerprint density at radius 2 is 1.67 bits per heavy atom. The van der Waals surface area contributed by atoms with Gasteiger partial charge in [0.05, 0.1) is 10.2 Å². The molecule has 3 aromatic carbocycles. The maximum Gasteiger partial charge on any atom is 0.323 e. The summed E-state index contributed by atoms with van der Waals surface area (Å²) in [7, 11) is 0. The smallest absolute Gasteiger partial charge is 0.308 e. The summed E-state index contributed by atoms with van der Waals surface area (Å²) in [6, 6.07) is 20.0. The maximum atomic E-state index is 12.4. The number of aryl methyl sites for hydroxylation is 2. The molecule has 0 fully saturated rings. The topological polar surface area (TPSA) is 83.1 Å². The summed E-state index contributed by atoms with van der Waals surface area (Å²) in [5.41, 5.74) is 4.73. The third-order valence-corrected chi connectivity index (χ3v) is 5.49. The first kappa shape index (κ1) is 19.6. The number of amides is 3. The number of hydrogen-bond donors (Lipinski definition) is 3. The van der Waals surface area contributed by atoms with Crippen molar-refractivity contribution in [3.05, 3.63) is 83.4 Å². The van der Waals surface area contributed by atoms with E-state index in [4.69, 9.17) is 0 Å². The minimum absolute atomic E-state index is 0.207. The van der Waals surface area contributed by atoms with E-state index in [1.165, 1.54) is 11.3 Å². The van der Waals surface area contributed by atoms with Gasteiger partial charge >= 0.3 is 6.03 Å². The Labute approximate surface area is 178 Å². The van der Waals surface area contributed by atoms with E-state index in [0.29, 0.717) is 21.9 Å². The summed E-state index contributed by atoms with van der Waals surface area (Å²) in [4.78, 5) is 29.2. The fraction of sp³-hybridized carbons (Fsp3) is 0.0870. The number of thiazole rings is 1. The second-order valence-electron chi connectivity index (χ2n) is 6.92. The van der Waals surface area contributed by atoms with E-state index in [9.17, 15) is 9.59 Å². The number of hydrogen-bond acceptors (Lipinski definition) is 4. The lowest BCUT2D eigenvalue weighted by atomic mass is 10.1. The SMILES string of the molecule is Cc1ccc(C)c(NC(=O)Nc2ccc3sc(NC(=O)c4ccccc4)nc3c2)c1. The summed E-state index contributed by atoms with van der Waals surface area (Å²) >= 11 is 1.38. The van der Waals surface area contributed by atoms with Crippen LogP contribution in [0.2, 0.25) is 0 Å². The molecule has 0 aliphatic rings. The lowest BCUT2D eigenvalue weighted by molar-refractivity contribution is 0.102. The largest absolute Gasteiger partial charge is 0.323 e. The number of fused-ring (bicyclic) bond motifs is 1. The van der Waals surface area contributed by atoms with Crippen molar-refractivity contribution in [2.75, 3.05) is 16.0 Å². The lowest BCUT2D eigenvalue weighted by Gasteiger charge is -2.10. The van der Waals surface area contributed by atoms with Crippen LogP contribution in [0.5, 0.6) is 0 Å². The van der Waals surface area contributed by atoms with Gasteiger partial charge in [0.25, 0.3) is 5.91 Å². The molecule has 0 aliphatic heterocycles. The monoisotopic (exact) mass is 416 g/mol. The Morgan fingerprint density at radius 3 is 2.47 bits per heavy atom. The first-order chi connectivity index (χ1) is 14.5. The quantitative estimate of drug-likeness (QED) is 0.393. The van der Waals surface area contributed by atoms with Gasteiger partial charge in [0.15, 0.2) is 5.13 Å². The summed E-state index contributed by atoms with van der Waals surface area (Å²) in [6.45, 7) is 3.93. The molecule has 7 heteroatoms. The first-order valence-corrected chi connectivity index (χ1v) is 10.2. The van der Waals surface area contributed by atoms with Gasteiger partial charge in [-0.3, -0.25) is 10.1 Å². The lowest BCUT2D eigenvalue weighted by Crippen LogP contribution is -2.20. The number of nitrogens with one attached hydrogen (secondary N) is 3. The molecule has 4 rings (SSSR count). The fourth-order valence-electron chi connectivity index (χ4n) is 2.97. The van der Waals surface area contributed by atoms with Crippen LogP contribution in [0.3, 0.4) is 0 Å². The van der Waals surface area contributed by atoms with Gasteiger partial charge in [0, 0.05) is 16.9 Å². The van der Waals surface area contributed by atoms with Gasteiger partial charge in [-0.25, -0.2) is 9.78 Å². The third kappa shape index (κ3) is 4.47. The van der Waals surface area contributed by atoms with Crippen molar-refractivity contribution in [3.8, 4) is 0 Å². The van der Waals surface area contributed by atoms with Crippen LogP contribution >= 0.6 is 11.3 Å². The molecular formula is C23H20N4O2S. The van der Waals surface area contributed by atoms with Crippen molar-refractivity contribution in [1.82, 2.24) is 4.98 Å². The number of rotatable bonds is 4. The highest BCUT2D eigenvalue weighted by Crippen LogP contribution is 2.28. The molecule has 150 valence electrons. The normalized spacial score (nSPS) is 10.6. The molecule has 3 amide bonds. The number of carbonyl (C=O) groups excluding carboxylic acids is 2. The number of nitrogens with zero attached hydrogens (tertiary/aromatic N) is 1. The number of anilines is 3. The standard InChI is InChI=1S/C23H20N4O2S/c1-14-8-9-15(2)18(12-14)25-22(29)24-17-10-11-20-19(13-17)26-23(30-20)27-21(28)16-6-4-3-5-7-16/h3-13H,1-2H3,(H2,24,25,29)(H,26,27,28). The van der Waals surface area contributed by atoms with Crippen LogP contribution in [0.15, 0.2) is 66.7 Å². The van der Waals surface area contributed by atoms with Crippen molar-refractivity contribution in [2.24, 2.45) is 0 Å². The van der Waals surface area contributed by atoms with E-state index in [-0.39, 0.29) is 11.9 Å². The van der Waals surface area contributed by atoms with Crippen LogP contribution in [0.4, 0.5) is 21.3 Å². The van der Waals surface area contributed by atoms with Crippen molar-refractivity contribution < 1.29 is 9.59 Å². The summed E-state index contributed by atoms with van der Waals surface area (Å²) in [6.07, 6.45) is 0. The molecule has 3 N–H and O–H groups in total. The average Bonchev–Trinajstić information content (AvgIpc) is 3.12. The van der Waals surface area contributed by atoms with E-state index in [1.54, 1.807) is 18.2 Å². The molecule has 6 nitrogen and oxygen atoms in total. The molecule has 4 aromatic rings. The highest BCUT2D eigenvalue weighted by atomic mass is 32.1. The van der Waals surface area contributed by atoms with Gasteiger partial charge in [-0.2, -0.15) is 0 Å². The molecule has 0 atom stereocenters. The molecule has 30 heavy (non-hydrogen) atoms. The summed E-state index contributed by atoms with van der Waals surface area (Å²) < 4.78 is 0.916. The van der Waals surface area contributed by atoms with Crippen molar-refractivity contribution in [2.45, 2.75) is 13.8 Å². The first-order valence-electron chi connectivity index (χ1n) is 9.40. The Hall–Kier alpha value is -3.71. The molecule has 0 radical (unpaired) electrons. The van der Waals surface area contributed by atoms with Crippen LogP contribution in [0, 0.1) is 13.8 Å². The Bertz CT molecular complexity index is 1230. The maximum absolute atomic E-state index is 12.4. The van der Waals surface area contributed by atoms with E-state index < -0.39 is 0 Å². The summed E-state index contributed by atoms with van der Waals surface area (Å²) in [5.74, 6) is -0.207. The Morgan fingerprint density at radius 1 is 0.867 bits per heavy atom. The third-order valence-electron chi connectivity index (χ3n) is 4.54. The fourth-order valence-corrected chi connectivity index (χ4v) is 3.81. The van der Waals surface area contributed by atoms with Crippen molar-refractivity contribution >= 4 is 50.0 Å². The van der Waals surface area contributed by atoms with Crippen molar-refractivity contribution in [3.63, 3.8) is 0 Å². The van der Waals surface area contributed by atoms with Crippen LogP contribution in [0.25, 0.3) is 10.2 Å². The van der Waals surface area contributed by atoms with Gasteiger partial charge in [0.2, 0.25) is 0 Å². The van der Waals surface area contributed by atoms with Crippen LogP contribution in [-0.4, -0.2) is 16.9 Å². The molecule has 0 unspecified atom stereocenters. The minimum atomic E-state index is -0.323. The zero-order valence-corrected chi connectivity index (χ0v) is 17.3. The van der Waals surface area contributed by atoms with E-state index in [0.717, 1.165) is 21.5 Å².